The molecule has 0 radical (unpaired) electrons. The largest absolute Gasteiger partial charge is 0.394 e. The van der Waals surface area contributed by atoms with E-state index in [0.717, 1.165) is 44.9 Å². The Kier molecular flexibility index (Phi) is 66.9. The minimum Gasteiger partial charge on any atom is -0.394 e. The lowest BCUT2D eigenvalue weighted by atomic mass is 9.96. The Balaban J connectivity index is 1.28. The van der Waals surface area contributed by atoms with Crippen molar-refractivity contribution in [2.75, 3.05) is 26.4 Å². The first-order valence-corrected chi connectivity index (χ1v) is 46.9. The summed E-state index contributed by atoms with van der Waals surface area (Å²) in [7, 11) is 0. The molecule has 3 fully saturated rings. The third-order valence-electron chi connectivity index (χ3n) is 23.8. The van der Waals surface area contributed by atoms with Crippen LogP contribution in [0, 0.1) is 0 Å². The summed E-state index contributed by atoms with van der Waals surface area (Å²) in [5, 5.41) is 121. The molecule has 0 bridgehead atoms. The molecule has 19 nitrogen and oxygen atoms in total. The number of hydrogen-bond donors (Lipinski definition) is 12. The zero-order valence-corrected chi connectivity index (χ0v) is 70.5. The van der Waals surface area contributed by atoms with Gasteiger partial charge in [0.1, 0.15) is 73.2 Å². The average Bonchev–Trinajstić information content (AvgIpc) is 0.779. The Morgan fingerprint density at radius 3 is 0.855 bits per heavy atom. The van der Waals surface area contributed by atoms with Gasteiger partial charge in [0.25, 0.3) is 0 Å². The van der Waals surface area contributed by atoms with Crippen LogP contribution < -0.4 is 5.32 Å². The Hall–Kier alpha value is -1.47. The van der Waals surface area contributed by atoms with Crippen molar-refractivity contribution in [2.24, 2.45) is 0 Å². The molecular formula is C91H175NO18. The van der Waals surface area contributed by atoms with Gasteiger partial charge in [-0.05, 0) is 19.3 Å². The van der Waals surface area contributed by atoms with Crippen LogP contribution in [-0.2, 0) is 33.2 Å². The predicted octanol–water partition coefficient (Wildman–Crippen LogP) is 18.2. The maximum absolute atomic E-state index is 13.5. The van der Waals surface area contributed by atoms with Crippen molar-refractivity contribution in [3.63, 3.8) is 0 Å². The fourth-order valence-corrected chi connectivity index (χ4v) is 16.4. The molecule has 110 heavy (non-hydrogen) atoms. The smallest absolute Gasteiger partial charge is 0.220 e. The summed E-state index contributed by atoms with van der Waals surface area (Å²) in [6.45, 7) is 1.82. The van der Waals surface area contributed by atoms with E-state index in [2.05, 4.69) is 19.2 Å². The van der Waals surface area contributed by atoms with Gasteiger partial charge in [-0.15, -0.1) is 0 Å². The second kappa shape index (κ2) is 71.6. The summed E-state index contributed by atoms with van der Waals surface area (Å²) in [6.07, 6.45) is 62.5. The summed E-state index contributed by atoms with van der Waals surface area (Å²) in [5.41, 5.74) is 0. The first-order valence-electron chi connectivity index (χ1n) is 46.9. The number of allylic oxidation sites excluding steroid dienone is 1. The van der Waals surface area contributed by atoms with Gasteiger partial charge in [-0.1, -0.05) is 418 Å². The van der Waals surface area contributed by atoms with E-state index in [4.69, 9.17) is 28.4 Å². The van der Waals surface area contributed by atoms with Crippen molar-refractivity contribution in [3.8, 4) is 0 Å². The Bertz CT molecular complexity index is 2030. The van der Waals surface area contributed by atoms with Gasteiger partial charge in [0.2, 0.25) is 5.91 Å². The molecule has 0 aromatic rings. The number of aliphatic hydroxyl groups excluding tert-OH is 11. The van der Waals surface area contributed by atoms with Crippen molar-refractivity contribution in [3.05, 3.63) is 12.2 Å². The molecule has 0 saturated carbocycles. The van der Waals surface area contributed by atoms with Crippen LogP contribution in [0.3, 0.4) is 0 Å². The molecule has 0 aromatic heterocycles. The fourth-order valence-electron chi connectivity index (χ4n) is 16.4. The second-order valence-corrected chi connectivity index (χ2v) is 33.8. The fraction of sp³-hybridized carbons (Fsp3) is 0.967. The Morgan fingerprint density at radius 1 is 0.318 bits per heavy atom. The highest BCUT2D eigenvalue weighted by atomic mass is 16.8. The van der Waals surface area contributed by atoms with Gasteiger partial charge in [0.15, 0.2) is 18.9 Å². The quantitative estimate of drug-likeness (QED) is 0.0199. The number of nitrogens with one attached hydrogen (secondary N) is 1. The number of unbranched alkanes of at least 4 members (excludes halogenated alkanes) is 62. The summed E-state index contributed by atoms with van der Waals surface area (Å²) in [4.78, 5) is 13.5. The molecule has 3 saturated heterocycles. The van der Waals surface area contributed by atoms with Crippen molar-refractivity contribution in [1.82, 2.24) is 5.32 Å². The molecular weight excluding hydrogens is 1390 g/mol. The predicted molar refractivity (Wildman–Crippen MR) is 444 cm³/mol. The maximum atomic E-state index is 13.5. The topological polar surface area (TPSA) is 307 Å². The normalized spacial score (nSPS) is 25.1. The molecule has 1 amide bonds. The number of ether oxygens (including phenoxy) is 6. The lowest BCUT2D eigenvalue weighted by molar-refractivity contribution is -0.379. The standard InChI is InChI=1S/C91H175NO18/c1-3-5-7-9-11-13-15-17-19-21-23-25-27-29-30-31-32-33-34-35-36-37-38-39-40-41-42-43-44-45-47-49-51-53-55-57-59-61-63-65-67-69-79(97)92-74(75(96)68-66-64-62-60-58-56-54-52-50-48-46-28-26-24-22-20-18-16-14-12-10-8-6-4-2)73-105-89-85(103)82(100)87(77(71-94)107-89)110-91-86(104)83(101)88(78(72-95)108-91)109-90-84(102)81(99)80(98)76(70-93)106-90/h66,68,74-78,80-91,93-96,98-104H,3-65,67,69-73H2,1-2H3,(H,92,97)/b68-66+. The first kappa shape index (κ1) is 103. The number of aliphatic hydroxyl groups is 11. The van der Waals surface area contributed by atoms with Crippen LogP contribution in [0.5, 0.6) is 0 Å². The number of carbonyl (C=O) groups is 1. The van der Waals surface area contributed by atoms with Gasteiger partial charge in [0, 0.05) is 6.42 Å². The first-order chi connectivity index (χ1) is 53.8. The van der Waals surface area contributed by atoms with Crippen LogP contribution in [0.1, 0.15) is 431 Å². The van der Waals surface area contributed by atoms with Crippen molar-refractivity contribution in [2.45, 2.75) is 535 Å². The minimum absolute atomic E-state index is 0.251. The molecule has 19 heteroatoms. The number of carbonyl (C=O) groups excluding carboxylic acids is 1. The van der Waals surface area contributed by atoms with Crippen molar-refractivity contribution < 1.29 is 89.4 Å². The Morgan fingerprint density at radius 2 is 0.564 bits per heavy atom. The lowest BCUT2D eigenvalue weighted by Crippen LogP contribution is -2.66. The van der Waals surface area contributed by atoms with Gasteiger partial charge in [-0.2, -0.15) is 0 Å². The molecule has 3 aliphatic heterocycles. The van der Waals surface area contributed by atoms with Gasteiger partial charge < -0.3 is 89.9 Å². The van der Waals surface area contributed by atoms with Gasteiger partial charge in [-0.25, -0.2) is 0 Å². The van der Waals surface area contributed by atoms with Crippen LogP contribution in [0.25, 0.3) is 0 Å². The van der Waals surface area contributed by atoms with Crippen LogP contribution in [0.15, 0.2) is 12.2 Å². The summed E-state index contributed by atoms with van der Waals surface area (Å²) >= 11 is 0. The number of rotatable bonds is 78. The highest BCUT2D eigenvalue weighted by molar-refractivity contribution is 5.76. The lowest BCUT2D eigenvalue weighted by Gasteiger charge is -2.48. The average molecular weight is 1570 g/mol. The zero-order valence-electron chi connectivity index (χ0n) is 70.5. The second-order valence-electron chi connectivity index (χ2n) is 33.8. The molecule has 3 heterocycles. The highest BCUT2D eigenvalue weighted by Crippen LogP contribution is 2.34. The molecule has 652 valence electrons. The molecule has 0 aromatic carbocycles. The van der Waals surface area contributed by atoms with Crippen LogP contribution >= 0.6 is 0 Å². The van der Waals surface area contributed by atoms with E-state index in [9.17, 15) is 61.0 Å². The van der Waals surface area contributed by atoms with Crippen molar-refractivity contribution >= 4 is 5.91 Å². The van der Waals surface area contributed by atoms with Gasteiger partial charge in [-0.3, -0.25) is 4.79 Å². The minimum atomic E-state index is -1.98. The summed E-state index contributed by atoms with van der Waals surface area (Å²) in [5.74, 6) is -0.264. The highest BCUT2D eigenvalue weighted by Gasteiger charge is 2.54. The third kappa shape index (κ3) is 49.7. The van der Waals surface area contributed by atoms with Crippen LogP contribution in [0.2, 0.25) is 0 Å². The van der Waals surface area contributed by atoms with Gasteiger partial charge >= 0.3 is 0 Å². The third-order valence-corrected chi connectivity index (χ3v) is 23.8. The summed E-state index contributed by atoms with van der Waals surface area (Å²) in [6, 6.07) is -0.971. The molecule has 3 aliphatic rings. The molecule has 3 rings (SSSR count). The van der Waals surface area contributed by atoms with Crippen LogP contribution in [-0.4, -0.2) is 193 Å². The molecule has 12 N–H and O–H groups in total. The van der Waals surface area contributed by atoms with E-state index in [1.165, 1.54) is 360 Å². The number of hydrogen-bond acceptors (Lipinski definition) is 18. The van der Waals surface area contributed by atoms with E-state index in [-0.39, 0.29) is 18.9 Å². The van der Waals surface area contributed by atoms with E-state index in [0.29, 0.717) is 6.42 Å². The van der Waals surface area contributed by atoms with E-state index in [1.807, 2.05) is 6.08 Å². The van der Waals surface area contributed by atoms with Crippen LogP contribution in [0.4, 0.5) is 0 Å². The molecule has 17 atom stereocenters. The monoisotopic (exact) mass is 1570 g/mol. The van der Waals surface area contributed by atoms with Crippen molar-refractivity contribution in [1.29, 1.82) is 0 Å². The zero-order chi connectivity index (χ0) is 79.5. The summed E-state index contributed by atoms with van der Waals surface area (Å²) < 4.78 is 34.5. The van der Waals surface area contributed by atoms with E-state index in [1.54, 1.807) is 6.08 Å². The van der Waals surface area contributed by atoms with E-state index >= 15 is 0 Å². The van der Waals surface area contributed by atoms with E-state index < -0.39 is 124 Å². The molecule has 0 aliphatic carbocycles. The number of amides is 1. The Labute approximate surface area is 671 Å². The SMILES string of the molecule is CCCCCCCCCCCCCCCCCCCCCCCC/C=C/C(O)C(COC1OC(CO)C(OC2OC(CO)C(OC3OC(CO)C(O)C(O)C3O)C(O)C2O)C(O)C1O)NC(=O)CCCCCCCCCCCCCCCCCCCCCCCCCCCCCCCCCCCCCCCCCCC. The molecule has 17 unspecified atom stereocenters. The maximum Gasteiger partial charge on any atom is 0.220 e. The van der Waals surface area contributed by atoms with Gasteiger partial charge in [0.05, 0.1) is 38.6 Å². The molecule has 0 spiro atoms.